The number of fused-ring (bicyclic) bond motifs is 1. The first-order valence-electron chi connectivity index (χ1n) is 10.00. The van der Waals surface area contributed by atoms with Gasteiger partial charge in [0.1, 0.15) is 18.4 Å². The molecule has 0 amide bonds. The van der Waals surface area contributed by atoms with E-state index < -0.39 is 13.0 Å². The van der Waals surface area contributed by atoms with Crippen LogP contribution in [0.5, 0.6) is 0 Å². The van der Waals surface area contributed by atoms with E-state index in [1.165, 1.54) is 12.3 Å². The fourth-order valence-corrected chi connectivity index (χ4v) is 4.33. The van der Waals surface area contributed by atoms with Crippen LogP contribution in [0.1, 0.15) is 24.2 Å². The molecule has 0 fully saturated rings. The molecule has 4 heterocycles. The van der Waals surface area contributed by atoms with Crippen LogP contribution in [0, 0.1) is 12.7 Å². The van der Waals surface area contributed by atoms with Crippen LogP contribution in [0.15, 0.2) is 48.9 Å². The Morgan fingerprint density at radius 1 is 1.16 bits per heavy atom. The molecule has 1 atom stereocenters. The van der Waals surface area contributed by atoms with Gasteiger partial charge in [0, 0.05) is 30.2 Å². The van der Waals surface area contributed by atoms with Crippen molar-refractivity contribution in [2.24, 2.45) is 0 Å². The first-order valence-corrected chi connectivity index (χ1v) is 13.0. The van der Waals surface area contributed by atoms with Crippen LogP contribution >= 0.6 is 18.7 Å². The van der Waals surface area contributed by atoms with Gasteiger partial charge in [0.15, 0.2) is 5.82 Å². The fraction of sp³-hybridized carbons (Fsp3) is 0.217. The topological polar surface area (TPSA) is 80.7 Å². The lowest BCUT2D eigenvalue weighted by atomic mass is 10.1. The number of nitrogens with zero attached hydrogens (tertiary/aromatic N) is 4. The molecule has 0 saturated carbocycles. The van der Waals surface area contributed by atoms with E-state index in [4.69, 9.17) is 11.6 Å². The second kappa shape index (κ2) is 8.57. The van der Waals surface area contributed by atoms with Crippen molar-refractivity contribution in [3.8, 4) is 11.3 Å². The van der Waals surface area contributed by atoms with E-state index in [2.05, 4.69) is 25.3 Å². The lowest BCUT2D eigenvalue weighted by molar-refractivity contribution is 0.588. The van der Waals surface area contributed by atoms with Gasteiger partial charge in [-0.3, -0.25) is 9.97 Å². The van der Waals surface area contributed by atoms with Crippen molar-refractivity contribution in [3.05, 3.63) is 71.0 Å². The van der Waals surface area contributed by atoms with Crippen molar-refractivity contribution < 1.29 is 8.96 Å². The molecule has 0 saturated heterocycles. The summed E-state index contributed by atoms with van der Waals surface area (Å²) in [5.74, 6) is -0.524. The van der Waals surface area contributed by atoms with Crippen LogP contribution in [0.25, 0.3) is 22.3 Å². The number of hydrogen-bond donors (Lipinski definition) is 1. The SMILES string of the molecule is Cc1nc2cc(F)c(-c3ccc(P(C)(C)=O)nc3)nc2c(NC(C)c2cccnc2)c1Cl. The smallest absolute Gasteiger partial charge is 0.151 e. The second-order valence-electron chi connectivity index (χ2n) is 7.98. The van der Waals surface area contributed by atoms with Gasteiger partial charge in [-0.05, 0) is 50.9 Å². The molecule has 1 N–H and O–H groups in total. The van der Waals surface area contributed by atoms with E-state index in [9.17, 15) is 8.96 Å². The van der Waals surface area contributed by atoms with Gasteiger partial charge in [-0.1, -0.05) is 17.7 Å². The minimum atomic E-state index is -2.51. The average molecular weight is 470 g/mol. The number of aryl methyl sites for hydroxylation is 1. The molecule has 0 aliphatic rings. The van der Waals surface area contributed by atoms with E-state index in [-0.39, 0.29) is 11.7 Å². The Labute approximate surface area is 190 Å². The third-order valence-corrected chi connectivity index (χ3v) is 6.97. The Kier molecular flexibility index (Phi) is 5.97. The Balaban J connectivity index is 1.84. The standard InChI is InChI=1S/C23H22ClFN5OP/c1-13(15-6-5-9-26-11-15)29-23-20(24)14(2)28-18-10-17(25)21(30-22(18)23)16-7-8-19(27-12-16)32(3,4)31/h5-13H,1-4H3,(H,28,29). The van der Waals surface area contributed by atoms with Gasteiger partial charge >= 0.3 is 0 Å². The monoisotopic (exact) mass is 469 g/mol. The maximum absolute atomic E-state index is 15.0. The Morgan fingerprint density at radius 2 is 1.94 bits per heavy atom. The molecule has 4 rings (SSSR count). The number of aromatic nitrogens is 4. The highest BCUT2D eigenvalue weighted by Crippen LogP contribution is 2.37. The molecule has 4 aromatic rings. The van der Waals surface area contributed by atoms with Gasteiger partial charge in [-0.25, -0.2) is 14.4 Å². The molecule has 1 unspecified atom stereocenters. The molecule has 0 aromatic carbocycles. The van der Waals surface area contributed by atoms with Gasteiger partial charge in [0.05, 0.1) is 33.4 Å². The minimum absolute atomic E-state index is 0.120. The largest absolute Gasteiger partial charge is 0.375 e. The molecule has 0 aliphatic heterocycles. The van der Waals surface area contributed by atoms with Crippen molar-refractivity contribution in [2.45, 2.75) is 19.9 Å². The molecule has 164 valence electrons. The maximum atomic E-state index is 15.0. The number of rotatable bonds is 5. The van der Waals surface area contributed by atoms with Crippen LogP contribution in [-0.4, -0.2) is 33.3 Å². The van der Waals surface area contributed by atoms with Gasteiger partial charge in [-0.15, -0.1) is 0 Å². The second-order valence-corrected chi connectivity index (χ2v) is 11.5. The molecule has 0 radical (unpaired) electrons. The van der Waals surface area contributed by atoms with Crippen molar-refractivity contribution >= 4 is 40.9 Å². The van der Waals surface area contributed by atoms with Crippen molar-refractivity contribution in [2.75, 3.05) is 18.6 Å². The summed E-state index contributed by atoms with van der Waals surface area (Å²) in [5, 5.41) is 3.81. The first kappa shape index (κ1) is 22.3. The number of halogens is 2. The molecular weight excluding hydrogens is 448 g/mol. The van der Waals surface area contributed by atoms with Crippen molar-refractivity contribution in [3.63, 3.8) is 0 Å². The normalized spacial score (nSPS) is 12.7. The Hall–Kier alpha value is -2.89. The summed E-state index contributed by atoms with van der Waals surface area (Å²) in [6, 6.07) is 8.36. The van der Waals surface area contributed by atoms with E-state index in [1.54, 1.807) is 44.8 Å². The van der Waals surface area contributed by atoms with E-state index in [1.807, 2.05) is 19.1 Å². The number of anilines is 1. The lowest BCUT2D eigenvalue weighted by Crippen LogP contribution is -2.10. The summed E-state index contributed by atoms with van der Waals surface area (Å²) in [4.78, 5) is 17.4. The molecule has 0 aliphatic carbocycles. The van der Waals surface area contributed by atoms with Gasteiger partial charge < -0.3 is 9.88 Å². The number of pyridine rings is 4. The highest BCUT2D eigenvalue weighted by Gasteiger charge is 2.20. The zero-order chi connectivity index (χ0) is 23.0. The van der Waals surface area contributed by atoms with Crippen molar-refractivity contribution in [1.29, 1.82) is 0 Å². The van der Waals surface area contributed by atoms with Crippen LogP contribution < -0.4 is 10.8 Å². The number of nitrogens with one attached hydrogen (secondary N) is 1. The molecule has 0 spiro atoms. The quantitative estimate of drug-likeness (QED) is 0.383. The van der Waals surface area contributed by atoms with Crippen LogP contribution in [0.4, 0.5) is 10.1 Å². The van der Waals surface area contributed by atoms with Crippen LogP contribution in [0.3, 0.4) is 0 Å². The Bertz CT molecular complexity index is 1340. The predicted octanol–water partition coefficient (Wildman–Crippen LogP) is 5.61. The molecule has 6 nitrogen and oxygen atoms in total. The molecule has 32 heavy (non-hydrogen) atoms. The van der Waals surface area contributed by atoms with Crippen LogP contribution in [0.2, 0.25) is 5.02 Å². The summed E-state index contributed by atoms with van der Waals surface area (Å²) in [6.45, 7) is 7.03. The fourth-order valence-electron chi connectivity index (χ4n) is 3.37. The Morgan fingerprint density at radius 3 is 2.56 bits per heavy atom. The molecule has 0 bridgehead atoms. The predicted molar refractivity (Wildman–Crippen MR) is 128 cm³/mol. The van der Waals surface area contributed by atoms with Crippen molar-refractivity contribution in [1.82, 2.24) is 19.9 Å². The average Bonchev–Trinajstić information content (AvgIpc) is 2.76. The van der Waals surface area contributed by atoms with Crippen LogP contribution in [-0.2, 0) is 4.57 Å². The van der Waals surface area contributed by atoms with E-state index >= 15 is 0 Å². The van der Waals surface area contributed by atoms with Gasteiger partial charge in [0.2, 0.25) is 0 Å². The first-order chi connectivity index (χ1) is 15.1. The molecule has 4 aromatic heterocycles. The van der Waals surface area contributed by atoms with Gasteiger partial charge in [0.25, 0.3) is 0 Å². The highest BCUT2D eigenvalue weighted by atomic mass is 35.5. The molecule has 9 heteroatoms. The van der Waals surface area contributed by atoms with Gasteiger partial charge in [-0.2, -0.15) is 0 Å². The summed E-state index contributed by atoms with van der Waals surface area (Å²) in [7, 11) is -2.51. The molecular formula is C23H22ClFN5OP. The maximum Gasteiger partial charge on any atom is 0.151 e. The summed E-state index contributed by atoms with van der Waals surface area (Å²) in [5.41, 5.74) is 4.04. The zero-order valence-electron chi connectivity index (χ0n) is 18.1. The number of hydrogen-bond acceptors (Lipinski definition) is 6. The third kappa shape index (κ3) is 4.36. The lowest BCUT2D eigenvalue weighted by Gasteiger charge is -2.19. The summed E-state index contributed by atoms with van der Waals surface area (Å²) in [6.07, 6.45) is 4.97. The van der Waals surface area contributed by atoms with E-state index in [0.29, 0.717) is 38.4 Å². The minimum Gasteiger partial charge on any atom is -0.375 e. The van der Waals surface area contributed by atoms with E-state index in [0.717, 1.165) is 5.56 Å². The highest BCUT2D eigenvalue weighted by molar-refractivity contribution is 7.69. The summed E-state index contributed by atoms with van der Waals surface area (Å²) < 4.78 is 27.2. The zero-order valence-corrected chi connectivity index (χ0v) is 19.7. The third-order valence-electron chi connectivity index (χ3n) is 5.14. The summed E-state index contributed by atoms with van der Waals surface area (Å²) >= 11 is 6.60.